The molecule has 5 nitrogen and oxygen atoms in total. The van der Waals surface area contributed by atoms with Crippen molar-refractivity contribution in [3.05, 3.63) is 0 Å². The van der Waals surface area contributed by atoms with E-state index in [1.54, 1.807) is 14.2 Å². The molecule has 0 aromatic carbocycles. The van der Waals surface area contributed by atoms with Gasteiger partial charge in [0.15, 0.2) is 0 Å². The van der Waals surface area contributed by atoms with Crippen molar-refractivity contribution in [2.75, 3.05) is 40.5 Å². The quantitative estimate of drug-likeness (QED) is 0.673. The summed E-state index contributed by atoms with van der Waals surface area (Å²) in [4.78, 5) is 11.9. The van der Waals surface area contributed by atoms with Gasteiger partial charge in [0.05, 0.1) is 6.61 Å². The van der Waals surface area contributed by atoms with Crippen LogP contribution < -0.4 is 10.6 Å². The van der Waals surface area contributed by atoms with Crippen LogP contribution in [0.2, 0.25) is 0 Å². The van der Waals surface area contributed by atoms with Crippen molar-refractivity contribution in [1.82, 2.24) is 10.6 Å². The van der Waals surface area contributed by atoms with Crippen LogP contribution in [0.4, 0.5) is 0 Å². The molecule has 0 aromatic heterocycles. The fourth-order valence-corrected chi connectivity index (χ4v) is 1.78. The van der Waals surface area contributed by atoms with Gasteiger partial charge >= 0.3 is 0 Å². The van der Waals surface area contributed by atoms with Crippen LogP contribution in [0, 0.1) is 0 Å². The predicted octanol–water partition coefficient (Wildman–Crippen LogP) is -0.0606. The van der Waals surface area contributed by atoms with E-state index >= 15 is 0 Å². The van der Waals surface area contributed by atoms with E-state index in [0.29, 0.717) is 13.2 Å². The molecule has 0 atom stereocenters. The van der Waals surface area contributed by atoms with Gasteiger partial charge in [0.2, 0.25) is 0 Å². The van der Waals surface area contributed by atoms with E-state index in [2.05, 4.69) is 10.6 Å². The molecule has 1 heterocycles. The minimum absolute atomic E-state index is 0. The number of amides is 1. The van der Waals surface area contributed by atoms with Crippen molar-refractivity contribution in [1.29, 1.82) is 0 Å². The van der Waals surface area contributed by atoms with Crippen LogP contribution >= 0.6 is 12.4 Å². The second kappa shape index (κ2) is 7.84. The number of methoxy groups -OCH3 is 2. The smallest absolute Gasteiger partial charge is 0.252 e. The van der Waals surface area contributed by atoms with Gasteiger partial charge < -0.3 is 20.1 Å². The standard InChI is InChI=1S/C10H20N2O3.ClH/c1-14-8-7-12-9(13)10(15-2)3-5-11-6-4-10;/h11H,3-8H2,1-2H3,(H,12,13);1H. The number of piperidine rings is 1. The average Bonchev–Trinajstić information content (AvgIpc) is 2.30. The predicted molar refractivity (Wildman–Crippen MR) is 64.0 cm³/mol. The van der Waals surface area contributed by atoms with Gasteiger partial charge in [0.1, 0.15) is 5.60 Å². The average molecular weight is 253 g/mol. The Kier molecular flexibility index (Phi) is 7.66. The zero-order valence-electron chi connectivity index (χ0n) is 9.88. The Morgan fingerprint density at radius 3 is 2.50 bits per heavy atom. The fraction of sp³-hybridized carbons (Fsp3) is 0.900. The number of carbonyl (C=O) groups is 1. The van der Waals surface area contributed by atoms with E-state index in [4.69, 9.17) is 9.47 Å². The lowest BCUT2D eigenvalue weighted by Crippen LogP contribution is -2.54. The summed E-state index contributed by atoms with van der Waals surface area (Å²) >= 11 is 0. The zero-order valence-corrected chi connectivity index (χ0v) is 10.7. The normalized spacial score (nSPS) is 18.6. The maximum absolute atomic E-state index is 11.9. The van der Waals surface area contributed by atoms with Crippen LogP contribution in [-0.4, -0.2) is 52.0 Å². The van der Waals surface area contributed by atoms with Crippen molar-refractivity contribution in [3.63, 3.8) is 0 Å². The van der Waals surface area contributed by atoms with Gasteiger partial charge in [-0.2, -0.15) is 0 Å². The molecule has 0 aromatic rings. The molecular formula is C10H21ClN2O3. The molecule has 1 aliphatic rings. The number of carbonyl (C=O) groups excluding carboxylic acids is 1. The SMILES string of the molecule is COCCNC(=O)C1(OC)CCNCC1.Cl. The van der Waals surface area contributed by atoms with E-state index in [1.165, 1.54) is 0 Å². The van der Waals surface area contributed by atoms with E-state index in [-0.39, 0.29) is 18.3 Å². The Balaban J connectivity index is 0.00000225. The van der Waals surface area contributed by atoms with E-state index in [9.17, 15) is 4.79 Å². The number of ether oxygens (including phenoxy) is 2. The molecule has 0 aliphatic carbocycles. The molecule has 0 radical (unpaired) electrons. The van der Waals surface area contributed by atoms with Gasteiger partial charge in [-0.25, -0.2) is 0 Å². The molecule has 0 unspecified atom stereocenters. The molecule has 1 amide bonds. The summed E-state index contributed by atoms with van der Waals surface area (Å²) < 4.78 is 10.3. The largest absolute Gasteiger partial charge is 0.383 e. The molecule has 1 aliphatic heterocycles. The number of hydrogen-bond donors (Lipinski definition) is 2. The molecule has 2 N–H and O–H groups in total. The minimum Gasteiger partial charge on any atom is -0.383 e. The highest BCUT2D eigenvalue weighted by molar-refractivity contribution is 5.85. The molecule has 1 fully saturated rings. The molecule has 0 bridgehead atoms. The summed E-state index contributed by atoms with van der Waals surface area (Å²) in [5, 5.41) is 6.04. The maximum Gasteiger partial charge on any atom is 0.252 e. The van der Waals surface area contributed by atoms with Gasteiger partial charge in [-0.1, -0.05) is 0 Å². The molecule has 0 spiro atoms. The van der Waals surface area contributed by atoms with Crippen molar-refractivity contribution < 1.29 is 14.3 Å². The Hall–Kier alpha value is -0.360. The van der Waals surface area contributed by atoms with Crippen molar-refractivity contribution >= 4 is 18.3 Å². The first-order valence-corrected chi connectivity index (χ1v) is 5.28. The molecule has 96 valence electrons. The lowest BCUT2D eigenvalue weighted by atomic mass is 9.91. The first kappa shape index (κ1) is 15.6. The number of halogens is 1. The van der Waals surface area contributed by atoms with Crippen LogP contribution in [0.25, 0.3) is 0 Å². The second-order valence-electron chi connectivity index (χ2n) is 3.70. The summed E-state index contributed by atoms with van der Waals surface area (Å²) in [5.74, 6) is -0.0245. The zero-order chi connectivity index (χ0) is 11.1. The van der Waals surface area contributed by atoms with E-state index in [1.807, 2.05) is 0 Å². The first-order valence-electron chi connectivity index (χ1n) is 5.28. The minimum atomic E-state index is -0.640. The van der Waals surface area contributed by atoms with Crippen molar-refractivity contribution in [2.45, 2.75) is 18.4 Å². The Morgan fingerprint density at radius 2 is 2.00 bits per heavy atom. The summed E-state index contributed by atoms with van der Waals surface area (Å²) in [5.41, 5.74) is -0.640. The van der Waals surface area contributed by atoms with Crippen LogP contribution in [0.5, 0.6) is 0 Å². The fourth-order valence-electron chi connectivity index (χ4n) is 1.78. The molecule has 1 saturated heterocycles. The van der Waals surface area contributed by atoms with Crippen molar-refractivity contribution in [3.8, 4) is 0 Å². The Morgan fingerprint density at radius 1 is 1.38 bits per heavy atom. The third-order valence-electron chi connectivity index (χ3n) is 2.81. The second-order valence-corrected chi connectivity index (χ2v) is 3.70. The number of hydrogen-bond acceptors (Lipinski definition) is 4. The van der Waals surface area contributed by atoms with Gasteiger partial charge in [-0.15, -0.1) is 12.4 Å². The Labute approximate surface area is 103 Å². The lowest BCUT2D eigenvalue weighted by Gasteiger charge is -2.34. The third kappa shape index (κ3) is 3.90. The van der Waals surface area contributed by atoms with Gasteiger partial charge in [0, 0.05) is 20.8 Å². The van der Waals surface area contributed by atoms with Crippen molar-refractivity contribution in [2.24, 2.45) is 0 Å². The third-order valence-corrected chi connectivity index (χ3v) is 2.81. The molecule has 6 heteroatoms. The van der Waals surface area contributed by atoms with Gasteiger partial charge in [-0.05, 0) is 25.9 Å². The van der Waals surface area contributed by atoms with Crippen LogP contribution in [0.3, 0.4) is 0 Å². The van der Waals surface area contributed by atoms with Crippen LogP contribution in [-0.2, 0) is 14.3 Å². The molecule has 0 saturated carbocycles. The summed E-state index contributed by atoms with van der Waals surface area (Å²) in [6, 6.07) is 0. The van der Waals surface area contributed by atoms with E-state index < -0.39 is 5.60 Å². The summed E-state index contributed by atoms with van der Waals surface area (Å²) in [6.07, 6.45) is 1.45. The highest BCUT2D eigenvalue weighted by Gasteiger charge is 2.39. The molecule has 1 rings (SSSR count). The summed E-state index contributed by atoms with van der Waals surface area (Å²) in [7, 11) is 3.21. The molecular weight excluding hydrogens is 232 g/mol. The summed E-state index contributed by atoms with van der Waals surface area (Å²) in [6.45, 7) is 2.72. The number of rotatable bonds is 5. The highest BCUT2D eigenvalue weighted by Crippen LogP contribution is 2.22. The monoisotopic (exact) mass is 252 g/mol. The maximum atomic E-state index is 11.9. The van der Waals surface area contributed by atoms with E-state index in [0.717, 1.165) is 25.9 Å². The van der Waals surface area contributed by atoms with Crippen LogP contribution in [0.15, 0.2) is 0 Å². The molecule has 16 heavy (non-hydrogen) atoms. The van der Waals surface area contributed by atoms with Crippen LogP contribution in [0.1, 0.15) is 12.8 Å². The van der Waals surface area contributed by atoms with Gasteiger partial charge in [0.25, 0.3) is 5.91 Å². The lowest BCUT2D eigenvalue weighted by molar-refractivity contribution is -0.146. The Bertz CT molecular complexity index is 208. The number of nitrogens with one attached hydrogen (secondary N) is 2. The highest BCUT2D eigenvalue weighted by atomic mass is 35.5. The first-order chi connectivity index (χ1) is 7.25. The van der Waals surface area contributed by atoms with Gasteiger partial charge in [-0.3, -0.25) is 4.79 Å². The topological polar surface area (TPSA) is 59.6 Å².